The van der Waals surface area contributed by atoms with Crippen LogP contribution in [0.4, 0.5) is 5.69 Å². The summed E-state index contributed by atoms with van der Waals surface area (Å²) < 4.78 is 10.8. The van der Waals surface area contributed by atoms with Crippen LogP contribution < -0.4 is 20.1 Å². The molecule has 0 aliphatic carbocycles. The third-order valence-corrected chi connectivity index (χ3v) is 4.99. The molecule has 4 nitrogen and oxygen atoms in total. The van der Waals surface area contributed by atoms with Crippen molar-refractivity contribution in [3.63, 3.8) is 0 Å². The van der Waals surface area contributed by atoms with Crippen molar-refractivity contribution in [1.82, 2.24) is 5.32 Å². The molecule has 3 aromatic carbocycles. The molecule has 0 unspecified atom stereocenters. The van der Waals surface area contributed by atoms with Gasteiger partial charge >= 0.3 is 0 Å². The Labute approximate surface area is 170 Å². The van der Waals surface area contributed by atoms with Gasteiger partial charge in [0.05, 0.1) is 6.04 Å². The Balaban J connectivity index is 1.58. The van der Waals surface area contributed by atoms with Crippen molar-refractivity contribution in [1.29, 1.82) is 0 Å². The second kappa shape index (κ2) is 7.90. The lowest BCUT2D eigenvalue weighted by molar-refractivity contribution is 0.174. The molecule has 28 heavy (non-hydrogen) atoms. The van der Waals surface area contributed by atoms with Gasteiger partial charge in [0.15, 0.2) is 16.6 Å². The Morgan fingerprint density at radius 2 is 1.71 bits per heavy atom. The molecule has 0 spiro atoms. The second-order valence-electron chi connectivity index (χ2n) is 6.87. The predicted octanol–water partition coefficient (Wildman–Crippen LogP) is 5.11. The fraction of sp³-hybridized carbons (Fsp3) is 0.174. The molecule has 2 N–H and O–H groups in total. The summed E-state index contributed by atoms with van der Waals surface area (Å²) in [5.41, 5.74) is 5.69. The number of thiocarbonyl (C=S) groups is 1. The van der Waals surface area contributed by atoms with Gasteiger partial charge < -0.3 is 20.1 Å². The average molecular weight is 391 g/mol. The van der Waals surface area contributed by atoms with Crippen molar-refractivity contribution in [2.24, 2.45) is 0 Å². The molecule has 0 saturated heterocycles. The summed E-state index contributed by atoms with van der Waals surface area (Å²) in [6.45, 7) is 4.49. The van der Waals surface area contributed by atoms with E-state index in [9.17, 15) is 0 Å². The first kappa shape index (κ1) is 18.3. The molecular formula is C23H22N2O2S. The third kappa shape index (κ3) is 3.94. The van der Waals surface area contributed by atoms with E-state index in [-0.39, 0.29) is 12.8 Å². The van der Waals surface area contributed by atoms with Gasteiger partial charge in [-0.1, -0.05) is 54.1 Å². The van der Waals surface area contributed by atoms with Crippen LogP contribution in [0.2, 0.25) is 0 Å². The molecule has 4 rings (SSSR count). The summed E-state index contributed by atoms with van der Waals surface area (Å²) in [6, 6.07) is 22.5. The number of hydrogen-bond acceptors (Lipinski definition) is 3. The lowest BCUT2D eigenvalue weighted by atomic mass is 9.94. The van der Waals surface area contributed by atoms with Crippen molar-refractivity contribution in [2.75, 3.05) is 12.1 Å². The van der Waals surface area contributed by atoms with Crippen LogP contribution in [0.1, 0.15) is 28.3 Å². The number of aryl methyl sites for hydroxylation is 2. The van der Waals surface area contributed by atoms with Gasteiger partial charge in [0.1, 0.15) is 0 Å². The van der Waals surface area contributed by atoms with Crippen molar-refractivity contribution < 1.29 is 9.47 Å². The van der Waals surface area contributed by atoms with E-state index in [4.69, 9.17) is 21.7 Å². The highest BCUT2D eigenvalue weighted by molar-refractivity contribution is 7.80. The summed E-state index contributed by atoms with van der Waals surface area (Å²) in [4.78, 5) is 0. The van der Waals surface area contributed by atoms with E-state index < -0.39 is 0 Å². The smallest absolute Gasteiger partial charge is 0.231 e. The van der Waals surface area contributed by atoms with Crippen molar-refractivity contribution in [3.05, 3.63) is 89.0 Å². The van der Waals surface area contributed by atoms with E-state index in [1.54, 1.807) is 0 Å². The Morgan fingerprint density at radius 3 is 2.50 bits per heavy atom. The number of anilines is 1. The van der Waals surface area contributed by atoms with Crippen LogP contribution in [0, 0.1) is 13.8 Å². The largest absolute Gasteiger partial charge is 0.454 e. The van der Waals surface area contributed by atoms with Crippen LogP contribution in [0.25, 0.3) is 0 Å². The number of nitrogens with one attached hydrogen (secondary N) is 2. The molecule has 5 heteroatoms. The highest BCUT2D eigenvalue weighted by atomic mass is 32.1. The molecule has 3 aromatic rings. The summed E-state index contributed by atoms with van der Waals surface area (Å²) in [6.07, 6.45) is 0. The minimum atomic E-state index is -0.0455. The zero-order chi connectivity index (χ0) is 19.5. The van der Waals surface area contributed by atoms with Gasteiger partial charge in [0.25, 0.3) is 0 Å². The third-order valence-electron chi connectivity index (χ3n) is 4.78. The molecule has 0 bridgehead atoms. The lowest BCUT2D eigenvalue weighted by Crippen LogP contribution is -2.33. The van der Waals surface area contributed by atoms with Gasteiger partial charge in [-0.25, -0.2) is 0 Å². The van der Waals surface area contributed by atoms with Crippen LogP contribution in [0.15, 0.2) is 66.7 Å². The highest BCUT2D eigenvalue weighted by Crippen LogP contribution is 2.34. The molecular weight excluding hydrogens is 368 g/mol. The van der Waals surface area contributed by atoms with E-state index in [2.05, 4.69) is 54.8 Å². The zero-order valence-corrected chi connectivity index (χ0v) is 16.7. The monoisotopic (exact) mass is 390 g/mol. The minimum absolute atomic E-state index is 0.0455. The van der Waals surface area contributed by atoms with E-state index in [0.717, 1.165) is 22.7 Å². The standard InChI is InChI=1S/C23H22N2O2S/c1-15-8-10-19(16(2)12-15)22(17-6-4-3-5-7-17)25-23(28)24-18-9-11-20-21(13-18)27-14-26-20/h3-13,22H,14H2,1-2H3,(H2,24,25,28)/t22-/m1/s1. The van der Waals surface area contributed by atoms with Crippen LogP contribution >= 0.6 is 12.2 Å². The quantitative estimate of drug-likeness (QED) is 0.606. The molecule has 1 aliphatic rings. The Hall–Kier alpha value is -3.05. The summed E-state index contributed by atoms with van der Waals surface area (Å²) in [7, 11) is 0. The fourth-order valence-corrected chi connectivity index (χ4v) is 3.64. The second-order valence-corrected chi connectivity index (χ2v) is 7.28. The van der Waals surface area contributed by atoms with E-state index in [0.29, 0.717) is 5.11 Å². The topological polar surface area (TPSA) is 42.5 Å². The lowest BCUT2D eigenvalue weighted by Gasteiger charge is -2.24. The maximum Gasteiger partial charge on any atom is 0.231 e. The van der Waals surface area contributed by atoms with Gasteiger partial charge in [-0.3, -0.25) is 0 Å². The van der Waals surface area contributed by atoms with Gasteiger partial charge in [0.2, 0.25) is 6.79 Å². The number of ether oxygens (including phenoxy) is 2. The molecule has 1 heterocycles. The SMILES string of the molecule is Cc1ccc([C@H](NC(=S)Nc2ccc3c(c2)OCO3)c2ccccc2)c(C)c1. The summed E-state index contributed by atoms with van der Waals surface area (Å²) in [5.74, 6) is 1.48. The van der Waals surface area contributed by atoms with E-state index >= 15 is 0 Å². The van der Waals surface area contributed by atoms with E-state index in [1.807, 2.05) is 36.4 Å². The van der Waals surface area contributed by atoms with Crippen molar-refractivity contribution >= 4 is 23.0 Å². The van der Waals surface area contributed by atoms with Crippen LogP contribution in [-0.4, -0.2) is 11.9 Å². The number of hydrogen-bond donors (Lipinski definition) is 2. The molecule has 0 fully saturated rings. The Kier molecular flexibility index (Phi) is 5.17. The summed E-state index contributed by atoms with van der Waals surface area (Å²) >= 11 is 5.62. The predicted molar refractivity (Wildman–Crippen MR) is 116 cm³/mol. The number of rotatable bonds is 4. The fourth-order valence-electron chi connectivity index (χ4n) is 3.41. The molecule has 0 saturated carbocycles. The Bertz CT molecular complexity index is 1000. The van der Waals surface area contributed by atoms with Gasteiger partial charge in [0, 0.05) is 11.8 Å². The molecule has 1 aliphatic heterocycles. The van der Waals surface area contributed by atoms with Crippen molar-refractivity contribution in [3.8, 4) is 11.5 Å². The molecule has 1 atom stereocenters. The number of fused-ring (bicyclic) bond motifs is 1. The van der Waals surface area contributed by atoms with Crippen LogP contribution in [0.3, 0.4) is 0 Å². The van der Waals surface area contributed by atoms with Crippen LogP contribution in [0.5, 0.6) is 11.5 Å². The van der Waals surface area contributed by atoms with E-state index in [1.165, 1.54) is 16.7 Å². The molecule has 0 radical (unpaired) electrons. The maximum absolute atomic E-state index is 5.62. The molecule has 0 aromatic heterocycles. The first-order valence-corrected chi connectivity index (χ1v) is 9.60. The normalized spacial score (nSPS) is 13.1. The summed E-state index contributed by atoms with van der Waals surface area (Å²) in [5, 5.41) is 7.28. The van der Waals surface area contributed by atoms with Crippen molar-refractivity contribution in [2.45, 2.75) is 19.9 Å². The zero-order valence-electron chi connectivity index (χ0n) is 15.9. The first-order chi connectivity index (χ1) is 13.6. The molecule has 142 valence electrons. The maximum atomic E-state index is 5.62. The van der Waals surface area contributed by atoms with Crippen LogP contribution in [-0.2, 0) is 0 Å². The number of benzene rings is 3. The van der Waals surface area contributed by atoms with Gasteiger partial charge in [-0.05, 0) is 54.9 Å². The first-order valence-electron chi connectivity index (χ1n) is 9.19. The Morgan fingerprint density at radius 1 is 0.929 bits per heavy atom. The highest BCUT2D eigenvalue weighted by Gasteiger charge is 2.18. The average Bonchev–Trinajstić information content (AvgIpc) is 3.15. The minimum Gasteiger partial charge on any atom is -0.454 e. The van der Waals surface area contributed by atoms with Gasteiger partial charge in [-0.15, -0.1) is 0 Å². The molecule has 0 amide bonds. The van der Waals surface area contributed by atoms with Gasteiger partial charge in [-0.2, -0.15) is 0 Å².